The Bertz CT molecular complexity index is 1000. The summed E-state index contributed by atoms with van der Waals surface area (Å²) in [6.45, 7) is 3.00. The van der Waals surface area contributed by atoms with Gasteiger partial charge in [-0.15, -0.1) is 0 Å². The molecule has 1 amide bonds. The Kier molecular flexibility index (Phi) is 5.68. The normalized spacial score (nSPS) is 14.0. The number of carbonyl (C=O) groups is 1. The van der Waals surface area contributed by atoms with Crippen LogP contribution in [0.15, 0.2) is 35.6 Å². The van der Waals surface area contributed by atoms with Crippen molar-refractivity contribution in [3.8, 4) is 0 Å². The molecular weight excluding hydrogens is 396 g/mol. The van der Waals surface area contributed by atoms with Gasteiger partial charge >= 0.3 is 0 Å². The Labute approximate surface area is 172 Å². The highest BCUT2D eigenvalue weighted by Crippen LogP contribution is 2.28. The highest BCUT2D eigenvalue weighted by atomic mass is 35.5. The minimum atomic E-state index is -0.156. The predicted octanol–water partition coefficient (Wildman–Crippen LogP) is 3.23. The molecule has 0 atom stereocenters. The molecule has 28 heavy (non-hydrogen) atoms. The van der Waals surface area contributed by atoms with E-state index in [9.17, 15) is 4.79 Å². The highest BCUT2D eigenvalue weighted by molar-refractivity contribution is 7.98. The number of amides is 1. The molecule has 0 aliphatic carbocycles. The van der Waals surface area contributed by atoms with Crippen LogP contribution in [0.3, 0.4) is 0 Å². The van der Waals surface area contributed by atoms with E-state index >= 15 is 0 Å². The van der Waals surface area contributed by atoms with Gasteiger partial charge in [-0.05, 0) is 37.3 Å². The molecule has 2 aromatic heterocycles. The molecule has 9 heteroatoms. The molecule has 7 nitrogen and oxygen atoms in total. The van der Waals surface area contributed by atoms with Gasteiger partial charge in [0.05, 0.1) is 18.1 Å². The lowest BCUT2D eigenvalue weighted by Gasteiger charge is -2.17. The number of fused-ring (bicyclic) bond motifs is 1. The minimum Gasteiger partial charge on any atom is -0.356 e. The number of nitrogens with zero attached hydrogens (tertiary/aromatic N) is 5. The van der Waals surface area contributed by atoms with Gasteiger partial charge in [0.25, 0.3) is 5.91 Å². The second-order valence-corrected chi connectivity index (χ2v) is 7.81. The lowest BCUT2D eigenvalue weighted by atomic mass is 10.2. The molecule has 1 saturated heterocycles. The molecule has 4 rings (SSSR count). The van der Waals surface area contributed by atoms with Crippen LogP contribution >= 0.6 is 23.4 Å². The van der Waals surface area contributed by atoms with Crippen molar-refractivity contribution in [2.45, 2.75) is 24.5 Å². The van der Waals surface area contributed by atoms with E-state index in [2.05, 4.69) is 20.3 Å². The van der Waals surface area contributed by atoms with Gasteiger partial charge < -0.3 is 10.2 Å². The van der Waals surface area contributed by atoms with E-state index in [4.69, 9.17) is 16.6 Å². The van der Waals surface area contributed by atoms with E-state index in [0.717, 1.165) is 35.1 Å². The van der Waals surface area contributed by atoms with Crippen molar-refractivity contribution in [2.24, 2.45) is 0 Å². The molecule has 146 valence electrons. The third kappa shape index (κ3) is 3.93. The van der Waals surface area contributed by atoms with Crippen LogP contribution in [0.1, 0.15) is 23.2 Å². The number of aromatic nitrogens is 4. The molecule has 1 N–H and O–H groups in total. The molecule has 0 spiro atoms. The first kappa shape index (κ1) is 19.0. The summed E-state index contributed by atoms with van der Waals surface area (Å²) in [5.41, 5.74) is 1.35. The van der Waals surface area contributed by atoms with E-state index in [-0.39, 0.29) is 5.91 Å². The molecule has 0 radical (unpaired) electrons. The number of carbonyl (C=O) groups excluding carboxylic acids is 1. The Morgan fingerprint density at radius 1 is 1.29 bits per heavy atom. The summed E-state index contributed by atoms with van der Waals surface area (Å²) in [7, 11) is 0. The van der Waals surface area contributed by atoms with Gasteiger partial charge in [0, 0.05) is 30.2 Å². The molecule has 3 aromatic rings. The summed E-state index contributed by atoms with van der Waals surface area (Å²) in [6.07, 6.45) is 6.17. The molecule has 0 saturated carbocycles. The molecule has 1 aliphatic rings. The minimum absolute atomic E-state index is 0.156. The maximum Gasteiger partial charge on any atom is 0.251 e. The number of rotatable bonds is 6. The van der Waals surface area contributed by atoms with E-state index < -0.39 is 0 Å². The van der Waals surface area contributed by atoms with Crippen molar-refractivity contribution in [3.05, 3.63) is 41.0 Å². The summed E-state index contributed by atoms with van der Waals surface area (Å²) in [6, 6.07) is 6.90. The zero-order chi connectivity index (χ0) is 19.5. The van der Waals surface area contributed by atoms with Gasteiger partial charge in [0.15, 0.2) is 10.8 Å². The second kappa shape index (κ2) is 8.36. The fourth-order valence-electron chi connectivity index (χ4n) is 3.35. The van der Waals surface area contributed by atoms with E-state index in [1.54, 1.807) is 24.3 Å². The van der Waals surface area contributed by atoms with Crippen LogP contribution in [0.25, 0.3) is 11.0 Å². The summed E-state index contributed by atoms with van der Waals surface area (Å²) < 4.78 is 1.83. The molecule has 1 aromatic carbocycles. The van der Waals surface area contributed by atoms with Gasteiger partial charge in [-0.2, -0.15) is 5.10 Å². The van der Waals surface area contributed by atoms with Crippen molar-refractivity contribution in [1.29, 1.82) is 0 Å². The maximum absolute atomic E-state index is 12.3. The molecule has 0 bridgehead atoms. The van der Waals surface area contributed by atoms with Gasteiger partial charge in [-0.1, -0.05) is 29.4 Å². The Morgan fingerprint density at radius 2 is 2.11 bits per heavy atom. The number of hydrogen-bond acceptors (Lipinski definition) is 6. The fourth-order valence-corrected chi connectivity index (χ4v) is 3.90. The molecular formula is C19H21ClN6OS. The van der Waals surface area contributed by atoms with Gasteiger partial charge in [0.1, 0.15) is 5.82 Å². The molecule has 0 unspecified atom stereocenters. The zero-order valence-corrected chi connectivity index (χ0v) is 17.1. The predicted molar refractivity (Wildman–Crippen MR) is 112 cm³/mol. The number of anilines is 1. The van der Waals surface area contributed by atoms with E-state index in [0.29, 0.717) is 23.7 Å². The Balaban J connectivity index is 1.51. The number of halogens is 1. The second-order valence-electron chi connectivity index (χ2n) is 6.60. The van der Waals surface area contributed by atoms with Crippen LogP contribution in [-0.4, -0.2) is 51.5 Å². The lowest BCUT2D eigenvalue weighted by Crippen LogP contribution is -2.27. The maximum atomic E-state index is 12.3. The van der Waals surface area contributed by atoms with Crippen LogP contribution in [0, 0.1) is 0 Å². The van der Waals surface area contributed by atoms with Crippen molar-refractivity contribution in [1.82, 2.24) is 25.1 Å². The number of benzene rings is 1. The summed E-state index contributed by atoms with van der Waals surface area (Å²) >= 11 is 7.48. The van der Waals surface area contributed by atoms with Crippen LogP contribution in [0.5, 0.6) is 0 Å². The highest BCUT2D eigenvalue weighted by Gasteiger charge is 2.20. The molecule has 1 fully saturated rings. The van der Waals surface area contributed by atoms with E-state index in [1.165, 1.54) is 24.6 Å². The monoisotopic (exact) mass is 416 g/mol. The molecule has 1 aliphatic heterocycles. The summed E-state index contributed by atoms with van der Waals surface area (Å²) in [4.78, 5) is 23.9. The first-order chi connectivity index (χ1) is 13.7. The fraction of sp³-hybridized carbons (Fsp3) is 0.368. The van der Waals surface area contributed by atoms with E-state index in [1.807, 2.05) is 17.1 Å². The lowest BCUT2D eigenvalue weighted by molar-refractivity contribution is 0.0952. The number of hydrogen-bond donors (Lipinski definition) is 1. The largest absolute Gasteiger partial charge is 0.356 e. The van der Waals surface area contributed by atoms with Gasteiger partial charge in [-0.25, -0.2) is 14.6 Å². The number of nitrogens with one attached hydrogen (secondary N) is 1. The quantitative estimate of drug-likeness (QED) is 0.491. The average molecular weight is 417 g/mol. The topological polar surface area (TPSA) is 75.9 Å². The third-order valence-electron chi connectivity index (χ3n) is 4.74. The van der Waals surface area contributed by atoms with Gasteiger partial charge in [-0.3, -0.25) is 4.79 Å². The van der Waals surface area contributed by atoms with Crippen molar-refractivity contribution >= 4 is 46.1 Å². The first-order valence-electron chi connectivity index (χ1n) is 9.22. The third-order valence-corrected chi connectivity index (χ3v) is 5.52. The van der Waals surface area contributed by atoms with Crippen LogP contribution in [0.4, 0.5) is 5.82 Å². The van der Waals surface area contributed by atoms with Crippen LogP contribution < -0.4 is 10.2 Å². The van der Waals surface area contributed by atoms with Crippen molar-refractivity contribution < 1.29 is 4.79 Å². The SMILES string of the molecule is CSc1nc(N2CCCC2)c2cnn(CCNC(=O)c3cccc(Cl)c3)c2n1. The number of thioether (sulfide) groups is 1. The average Bonchev–Trinajstić information content (AvgIpc) is 3.37. The van der Waals surface area contributed by atoms with Crippen molar-refractivity contribution in [3.63, 3.8) is 0 Å². The van der Waals surface area contributed by atoms with Crippen LogP contribution in [-0.2, 0) is 6.54 Å². The van der Waals surface area contributed by atoms with Crippen molar-refractivity contribution in [2.75, 3.05) is 30.8 Å². The smallest absolute Gasteiger partial charge is 0.251 e. The Hall–Kier alpha value is -2.32. The summed E-state index contributed by atoms with van der Waals surface area (Å²) in [5, 5.41) is 9.64. The Morgan fingerprint density at radius 3 is 2.86 bits per heavy atom. The first-order valence-corrected chi connectivity index (χ1v) is 10.8. The summed E-state index contributed by atoms with van der Waals surface area (Å²) in [5.74, 6) is 0.803. The standard InChI is InChI=1S/C19H21ClN6OS/c1-28-19-23-16(25-8-2-3-9-25)15-12-22-26(17(15)24-19)10-7-21-18(27)13-5-4-6-14(20)11-13/h4-6,11-12H,2-3,7-10H2,1H3,(H,21,27). The van der Waals surface area contributed by atoms with Crippen LogP contribution in [0.2, 0.25) is 5.02 Å². The molecule has 3 heterocycles. The zero-order valence-electron chi connectivity index (χ0n) is 15.6. The van der Waals surface area contributed by atoms with Gasteiger partial charge in [0.2, 0.25) is 0 Å².